The highest BCUT2D eigenvalue weighted by atomic mass is 79.9. The first-order chi connectivity index (χ1) is 9.99. The number of benzene rings is 1. The zero-order chi connectivity index (χ0) is 15.4. The van der Waals surface area contributed by atoms with Crippen molar-refractivity contribution in [2.75, 3.05) is 24.7 Å². The Morgan fingerprint density at radius 2 is 2.14 bits per heavy atom. The Morgan fingerprint density at radius 3 is 2.71 bits per heavy atom. The van der Waals surface area contributed by atoms with Gasteiger partial charge in [-0.05, 0) is 43.9 Å². The van der Waals surface area contributed by atoms with E-state index in [-0.39, 0.29) is 17.3 Å². The van der Waals surface area contributed by atoms with E-state index < -0.39 is 0 Å². The molecule has 8 nitrogen and oxygen atoms in total. The summed E-state index contributed by atoms with van der Waals surface area (Å²) in [6.45, 7) is 0. The molecule has 0 spiro atoms. The highest BCUT2D eigenvalue weighted by Gasteiger charge is 2.09. The molecule has 0 amide bonds. The van der Waals surface area contributed by atoms with Crippen LogP contribution in [0.1, 0.15) is 11.3 Å². The van der Waals surface area contributed by atoms with Gasteiger partial charge in [-0.3, -0.25) is 0 Å². The summed E-state index contributed by atoms with van der Waals surface area (Å²) in [5.41, 5.74) is 13.3. The molecule has 1 aromatic heterocycles. The average molecular weight is 352 g/mol. The number of hydrogen-bond acceptors (Lipinski definition) is 7. The molecular weight excluding hydrogens is 338 g/mol. The van der Waals surface area contributed by atoms with Crippen LogP contribution in [0.5, 0.6) is 0 Å². The van der Waals surface area contributed by atoms with Gasteiger partial charge in [0.05, 0.1) is 11.9 Å². The van der Waals surface area contributed by atoms with Gasteiger partial charge in [0, 0.05) is 18.6 Å². The third kappa shape index (κ3) is 3.57. The Labute approximate surface area is 129 Å². The monoisotopic (exact) mass is 351 g/mol. The summed E-state index contributed by atoms with van der Waals surface area (Å²) in [6, 6.07) is 5.82. The van der Waals surface area contributed by atoms with Crippen molar-refractivity contribution >= 4 is 39.5 Å². The third-order valence-corrected chi connectivity index (χ3v) is 3.22. The van der Waals surface area contributed by atoms with Gasteiger partial charge >= 0.3 is 0 Å². The van der Waals surface area contributed by atoms with E-state index in [0.29, 0.717) is 0 Å². The van der Waals surface area contributed by atoms with E-state index in [4.69, 9.17) is 11.5 Å². The molecular formula is C12H14BrN7O. The molecule has 1 aromatic carbocycles. The quantitative estimate of drug-likeness (QED) is 0.485. The number of nitrogens with two attached hydrogens (primary N) is 2. The second-order valence-corrected chi connectivity index (χ2v) is 5.19. The lowest BCUT2D eigenvalue weighted by Gasteiger charge is -2.14. The van der Waals surface area contributed by atoms with E-state index in [1.54, 1.807) is 6.21 Å². The fourth-order valence-corrected chi connectivity index (χ4v) is 2.30. The summed E-state index contributed by atoms with van der Waals surface area (Å²) >= 11 is 3.50. The number of amidine groups is 1. The van der Waals surface area contributed by atoms with Crippen molar-refractivity contribution in [3.8, 4) is 0 Å². The van der Waals surface area contributed by atoms with Crippen LogP contribution in [0.25, 0.3) is 0 Å². The molecule has 0 saturated heterocycles. The fourth-order valence-electron chi connectivity index (χ4n) is 1.54. The average Bonchev–Trinajstić information content (AvgIpc) is 2.84. The van der Waals surface area contributed by atoms with E-state index in [2.05, 4.69) is 41.1 Å². The highest BCUT2D eigenvalue weighted by Crippen LogP contribution is 2.25. The van der Waals surface area contributed by atoms with E-state index in [1.165, 1.54) is 0 Å². The molecule has 2 rings (SSSR count). The van der Waals surface area contributed by atoms with E-state index in [1.807, 2.05) is 37.2 Å². The lowest BCUT2D eigenvalue weighted by atomic mass is 10.2. The number of aromatic nitrogens is 2. The van der Waals surface area contributed by atoms with Gasteiger partial charge in [0.2, 0.25) is 0 Å². The summed E-state index contributed by atoms with van der Waals surface area (Å²) in [6.07, 6.45) is 1.57. The molecule has 0 aliphatic carbocycles. The summed E-state index contributed by atoms with van der Waals surface area (Å²) in [4.78, 5) is 2.00. The summed E-state index contributed by atoms with van der Waals surface area (Å²) in [5.74, 6) is 0.110. The minimum atomic E-state index is 0.0361. The molecule has 9 heteroatoms. The molecule has 0 bridgehead atoms. The van der Waals surface area contributed by atoms with Gasteiger partial charge in [0.25, 0.3) is 0 Å². The first kappa shape index (κ1) is 15.0. The highest BCUT2D eigenvalue weighted by molar-refractivity contribution is 9.10. The first-order valence-electron chi connectivity index (χ1n) is 5.91. The Hall–Kier alpha value is -2.42. The lowest BCUT2D eigenvalue weighted by molar-refractivity contribution is 0.308. The second-order valence-electron chi connectivity index (χ2n) is 4.33. The third-order valence-electron chi connectivity index (χ3n) is 2.58. The predicted octanol–water partition coefficient (Wildman–Crippen LogP) is 1.22. The number of rotatable bonds is 4. The molecule has 0 radical (unpaired) electrons. The standard InChI is InChI=1S/C12H14BrN7O/c1-20(2)9-4-3-7(5-8(9)13)6-16-17-11(14)10-12(15)19-21-18-10/h3-6H,1-2H3,(H2,14,17)(H2,15,19)/b16-6+. The van der Waals surface area contributed by atoms with Crippen LogP contribution in [-0.4, -0.2) is 36.5 Å². The van der Waals surface area contributed by atoms with Gasteiger partial charge < -0.3 is 16.4 Å². The molecule has 0 aliphatic rings. The van der Waals surface area contributed by atoms with E-state index in [0.717, 1.165) is 15.7 Å². The second kappa shape index (κ2) is 6.35. The van der Waals surface area contributed by atoms with E-state index in [9.17, 15) is 0 Å². The Kier molecular flexibility index (Phi) is 4.53. The van der Waals surface area contributed by atoms with Crippen LogP contribution in [0.3, 0.4) is 0 Å². The molecule has 0 saturated carbocycles. The molecule has 110 valence electrons. The predicted molar refractivity (Wildman–Crippen MR) is 85.5 cm³/mol. The molecule has 0 fully saturated rings. The number of anilines is 2. The van der Waals surface area contributed by atoms with Gasteiger partial charge in [-0.2, -0.15) is 5.10 Å². The van der Waals surface area contributed by atoms with Crippen LogP contribution < -0.4 is 16.4 Å². The van der Waals surface area contributed by atoms with Gasteiger partial charge in [0.1, 0.15) is 0 Å². The zero-order valence-electron chi connectivity index (χ0n) is 11.5. The van der Waals surface area contributed by atoms with E-state index >= 15 is 0 Å². The summed E-state index contributed by atoms with van der Waals surface area (Å²) in [7, 11) is 3.93. The Balaban J connectivity index is 2.15. The van der Waals surface area contributed by atoms with Crippen LogP contribution in [-0.2, 0) is 0 Å². The van der Waals surface area contributed by atoms with Gasteiger partial charge in [0.15, 0.2) is 17.3 Å². The number of nitrogens with zero attached hydrogens (tertiary/aromatic N) is 5. The summed E-state index contributed by atoms with van der Waals surface area (Å²) < 4.78 is 5.39. The minimum absolute atomic E-state index is 0.0361. The molecule has 4 N–H and O–H groups in total. The number of halogens is 1. The summed E-state index contributed by atoms with van der Waals surface area (Å²) in [5, 5.41) is 14.6. The van der Waals surface area contributed by atoms with Crippen molar-refractivity contribution in [2.45, 2.75) is 0 Å². The van der Waals surface area contributed by atoms with Crippen LogP contribution in [0.2, 0.25) is 0 Å². The number of nitrogen functional groups attached to an aromatic ring is 1. The zero-order valence-corrected chi connectivity index (χ0v) is 13.1. The largest absolute Gasteiger partial charge is 0.380 e. The molecule has 0 atom stereocenters. The van der Waals surface area contributed by atoms with Crippen LogP contribution in [0, 0.1) is 0 Å². The van der Waals surface area contributed by atoms with Gasteiger partial charge in [-0.15, -0.1) is 5.10 Å². The maximum Gasteiger partial charge on any atom is 0.199 e. The molecule has 1 heterocycles. The van der Waals surface area contributed by atoms with Gasteiger partial charge in [-0.25, -0.2) is 4.63 Å². The minimum Gasteiger partial charge on any atom is -0.380 e. The fraction of sp³-hybridized carbons (Fsp3) is 0.167. The molecule has 0 aliphatic heterocycles. The molecule has 2 aromatic rings. The molecule has 21 heavy (non-hydrogen) atoms. The van der Waals surface area contributed by atoms with Gasteiger partial charge in [-0.1, -0.05) is 6.07 Å². The van der Waals surface area contributed by atoms with Crippen LogP contribution in [0.15, 0.2) is 37.5 Å². The Bertz CT molecular complexity index is 693. The van der Waals surface area contributed by atoms with Crippen LogP contribution in [0.4, 0.5) is 11.5 Å². The maximum atomic E-state index is 5.68. The normalized spacial score (nSPS) is 12.0. The molecule has 0 unspecified atom stereocenters. The Morgan fingerprint density at radius 1 is 1.38 bits per heavy atom. The van der Waals surface area contributed by atoms with Crippen molar-refractivity contribution in [1.82, 2.24) is 10.3 Å². The lowest BCUT2D eigenvalue weighted by Crippen LogP contribution is -2.15. The number of hydrogen-bond donors (Lipinski definition) is 2. The van der Waals surface area contributed by atoms with Crippen molar-refractivity contribution in [1.29, 1.82) is 0 Å². The SMILES string of the molecule is CN(C)c1ccc(/C=N/N=C(/N)c2nonc2N)cc1Br. The van der Waals surface area contributed by atoms with Crippen molar-refractivity contribution in [2.24, 2.45) is 15.9 Å². The van der Waals surface area contributed by atoms with Crippen molar-refractivity contribution < 1.29 is 4.63 Å². The smallest absolute Gasteiger partial charge is 0.199 e. The van der Waals surface area contributed by atoms with Crippen LogP contribution >= 0.6 is 15.9 Å². The topological polar surface area (TPSA) is 119 Å². The maximum absolute atomic E-state index is 5.68. The first-order valence-corrected chi connectivity index (χ1v) is 6.70. The van der Waals surface area contributed by atoms with Crippen molar-refractivity contribution in [3.05, 3.63) is 33.9 Å². The van der Waals surface area contributed by atoms with Crippen molar-refractivity contribution in [3.63, 3.8) is 0 Å².